The molecule has 2 heterocycles. The van der Waals surface area contributed by atoms with E-state index >= 15 is 0 Å². The predicted molar refractivity (Wildman–Crippen MR) is 80.9 cm³/mol. The van der Waals surface area contributed by atoms with Gasteiger partial charge in [0.1, 0.15) is 6.54 Å². The number of hydrogen-bond donors (Lipinski definition) is 2. The lowest BCUT2D eigenvalue weighted by molar-refractivity contribution is -0.137. The number of aromatic nitrogens is 4. The largest absolute Gasteiger partial charge is 0.480 e. The molecule has 118 valence electrons. The van der Waals surface area contributed by atoms with Gasteiger partial charge in [-0.2, -0.15) is 5.10 Å². The van der Waals surface area contributed by atoms with Crippen LogP contribution in [0.25, 0.3) is 0 Å². The smallest absolute Gasteiger partial charge is 0.323 e. The number of carboxylic acid groups (broad SMARTS) is 1. The number of carbonyl (C=O) groups is 1. The average molecular weight is 305 g/mol. The first-order valence-electron chi connectivity index (χ1n) is 6.99. The van der Waals surface area contributed by atoms with Gasteiger partial charge in [-0.05, 0) is 26.3 Å². The number of anilines is 1. The van der Waals surface area contributed by atoms with E-state index in [-0.39, 0.29) is 12.4 Å². The Hall–Kier alpha value is -2.64. The fourth-order valence-electron chi connectivity index (χ4n) is 2.18. The Bertz CT molecular complexity index is 720. The SMILES string of the molecule is Cc1cc(C)n(CCCNc2nccn(CC(=O)O)c2=O)n1. The van der Waals surface area contributed by atoms with E-state index in [4.69, 9.17) is 5.11 Å². The molecule has 0 aliphatic carbocycles. The van der Waals surface area contributed by atoms with Crippen LogP contribution < -0.4 is 10.9 Å². The Morgan fingerprint density at radius 1 is 1.41 bits per heavy atom. The summed E-state index contributed by atoms with van der Waals surface area (Å²) in [5, 5.41) is 16.0. The van der Waals surface area contributed by atoms with Crippen LogP contribution >= 0.6 is 0 Å². The van der Waals surface area contributed by atoms with Crippen molar-refractivity contribution in [1.29, 1.82) is 0 Å². The summed E-state index contributed by atoms with van der Waals surface area (Å²) in [6.07, 6.45) is 3.54. The van der Waals surface area contributed by atoms with E-state index in [9.17, 15) is 9.59 Å². The summed E-state index contributed by atoms with van der Waals surface area (Å²) in [6, 6.07) is 2.01. The number of hydrogen-bond acceptors (Lipinski definition) is 5. The van der Waals surface area contributed by atoms with Crippen LogP contribution in [0.1, 0.15) is 17.8 Å². The van der Waals surface area contributed by atoms with Crippen molar-refractivity contribution in [3.63, 3.8) is 0 Å². The lowest BCUT2D eigenvalue weighted by Crippen LogP contribution is -2.27. The fraction of sp³-hybridized carbons (Fsp3) is 0.429. The van der Waals surface area contributed by atoms with Crippen molar-refractivity contribution >= 4 is 11.8 Å². The zero-order valence-electron chi connectivity index (χ0n) is 12.6. The van der Waals surface area contributed by atoms with Gasteiger partial charge in [-0.1, -0.05) is 0 Å². The summed E-state index contributed by atoms with van der Waals surface area (Å²) in [5.74, 6) is -0.902. The van der Waals surface area contributed by atoms with Gasteiger partial charge >= 0.3 is 5.97 Å². The predicted octanol–water partition coefficient (Wildman–Crippen LogP) is 0.643. The van der Waals surface area contributed by atoms with E-state index < -0.39 is 11.5 Å². The molecular weight excluding hydrogens is 286 g/mol. The third kappa shape index (κ3) is 3.94. The number of aliphatic carboxylic acids is 1. The molecule has 2 N–H and O–H groups in total. The number of rotatable bonds is 7. The van der Waals surface area contributed by atoms with Crippen LogP contribution in [0, 0.1) is 13.8 Å². The number of nitrogens with zero attached hydrogens (tertiary/aromatic N) is 4. The number of aryl methyl sites for hydroxylation is 3. The van der Waals surface area contributed by atoms with Gasteiger partial charge in [-0.15, -0.1) is 0 Å². The van der Waals surface area contributed by atoms with Crippen molar-refractivity contribution in [1.82, 2.24) is 19.3 Å². The molecule has 22 heavy (non-hydrogen) atoms. The third-order valence-corrected chi connectivity index (χ3v) is 3.16. The molecule has 2 aromatic rings. The minimum absolute atomic E-state index is 0.164. The van der Waals surface area contributed by atoms with Crippen LogP contribution in [0.5, 0.6) is 0 Å². The fourth-order valence-corrected chi connectivity index (χ4v) is 2.18. The molecule has 0 bridgehead atoms. The van der Waals surface area contributed by atoms with E-state index in [0.29, 0.717) is 6.54 Å². The van der Waals surface area contributed by atoms with Crippen molar-refractivity contribution in [2.45, 2.75) is 33.4 Å². The van der Waals surface area contributed by atoms with Crippen LogP contribution in [0.2, 0.25) is 0 Å². The van der Waals surface area contributed by atoms with Crippen LogP contribution in [0.3, 0.4) is 0 Å². The average Bonchev–Trinajstić information content (AvgIpc) is 2.76. The summed E-state index contributed by atoms with van der Waals surface area (Å²) < 4.78 is 3.02. The van der Waals surface area contributed by atoms with Crippen LogP contribution in [-0.4, -0.2) is 37.0 Å². The second kappa shape index (κ2) is 6.88. The minimum atomic E-state index is -1.07. The molecule has 0 aromatic carbocycles. The molecule has 0 amide bonds. The Balaban J connectivity index is 1.91. The molecule has 8 heteroatoms. The van der Waals surface area contributed by atoms with Crippen molar-refractivity contribution in [2.24, 2.45) is 0 Å². The quantitative estimate of drug-likeness (QED) is 0.728. The zero-order valence-corrected chi connectivity index (χ0v) is 12.6. The zero-order chi connectivity index (χ0) is 16.1. The highest BCUT2D eigenvalue weighted by Gasteiger charge is 2.07. The van der Waals surface area contributed by atoms with Crippen molar-refractivity contribution in [2.75, 3.05) is 11.9 Å². The molecule has 0 radical (unpaired) electrons. The maximum absolute atomic E-state index is 12.0. The van der Waals surface area contributed by atoms with E-state index in [1.54, 1.807) is 0 Å². The second-order valence-electron chi connectivity index (χ2n) is 5.03. The van der Waals surface area contributed by atoms with Gasteiger partial charge in [-0.25, -0.2) is 4.98 Å². The summed E-state index contributed by atoms with van der Waals surface area (Å²) in [5.41, 5.74) is 1.64. The Morgan fingerprint density at radius 2 is 2.18 bits per heavy atom. The van der Waals surface area contributed by atoms with Gasteiger partial charge in [0.2, 0.25) is 0 Å². The van der Waals surface area contributed by atoms with E-state index in [0.717, 1.165) is 28.9 Å². The van der Waals surface area contributed by atoms with E-state index in [2.05, 4.69) is 15.4 Å². The Morgan fingerprint density at radius 3 is 2.82 bits per heavy atom. The van der Waals surface area contributed by atoms with Gasteiger partial charge in [0.05, 0.1) is 5.69 Å². The molecule has 0 atom stereocenters. The molecule has 8 nitrogen and oxygen atoms in total. The first kappa shape index (κ1) is 15.7. The van der Waals surface area contributed by atoms with Crippen molar-refractivity contribution < 1.29 is 9.90 Å². The lowest BCUT2D eigenvalue weighted by atomic mass is 10.4. The highest BCUT2D eigenvalue weighted by Crippen LogP contribution is 2.03. The minimum Gasteiger partial charge on any atom is -0.480 e. The van der Waals surface area contributed by atoms with Crippen LogP contribution in [-0.2, 0) is 17.9 Å². The molecule has 0 aliphatic heterocycles. The third-order valence-electron chi connectivity index (χ3n) is 3.16. The molecule has 0 saturated heterocycles. The molecule has 0 aliphatic rings. The molecule has 0 fully saturated rings. The van der Waals surface area contributed by atoms with Crippen LogP contribution in [0.4, 0.5) is 5.82 Å². The highest BCUT2D eigenvalue weighted by atomic mass is 16.4. The molecule has 2 aromatic heterocycles. The summed E-state index contributed by atoms with van der Waals surface area (Å²) in [6.45, 7) is 4.86. The topological polar surface area (TPSA) is 102 Å². The second-order valence-corrected chi connectivity index (χ2v) is 5.03. The maximum atomic E-state index is 12.0. The van der Waals surface area contributed by atoms with E-state index in [1.807, 2.05) is 24.6 Å². The van der Waals surface area contributed by atoms with Gasteiger partial charge in [0.15, 0.2) is 5.82 Å². The van der Waals surface area contributed by atoms with Gasteiger partial charge in [0, 0.05) is 31.2 Å². The number of carboxylic acids is 1. The highest BCUT2D eigenvalue weighted by molar-refractivity contribution is 5.66. The van der Waals surface area contributed by atoms with Crippen LogP contribution in [0.15, 0.2) is 23.3 Å². The monoisotopic (exact) mass is 305 g/mol. The first-order valence-corrected chi connectivity index (χ1v) is 6.99. The normalized spacial score (nSPS) is 10.6. The van der Waals surface area contributed by atoms with E-state index in [1.165, 1.54) is 12.4 Å². The lowest BCUT2D eigenvalue weighted by Gasteiger charge is -2.08. The molecule has 0 spiro atoms. The first-order chi connectivity index (χ1) is 10.5. The summed E-state index contributed by atoms with van der Waals surface area (Å²) in [7, 11) is 0. The van der Waals surface area contributed by atoms with Gasteiger partial charge in [-0.3, -0.25) is 18.8 Å². The molecule has 2 rings (SSSR count). The Kier molecular flexibility index (Phi) is 4.92. The van der Waals surface area contributed by atoms with Gasteiger partial charge in [0.25, 0.3) is 5.56 Å². The Labute approximate surface area is 127 Å². The summed E-state index contributed by atoms with van der Waals surface area (Å²) >= 11 is 0. The standard InChI is InChI=1S/C14H19N5O3/c1-10-8-11(2)19(17-10)6-3-4-15-13-14(22)18(7-5-16-13)9-12(20)21/h5,7-8H,3-4,6,9H2,1-2H3,(H,15,16)(H,20,21). The van der Waals surface area contributed by atoms with Crippen molar-refractivity contribution in [3.05, 3.63) is 40.2 Å². The maximum Gasteiger partial charge on any atom is 0.323 e. The molecular formula is C14H19N5O3. The van der Waals surface area contributed by atoms with Gasteiger partial charge < -0.3 is 10.4 Å². The molecule has 0 saturated carbocycles. The molecule has 0 unspecified atom stereocenters. The number of nitrogens with one attached hydrogen (secondary N) is 1. The summed E-state index contributed by atoms with van der Waals surface area (Å²) in [4.78, 5) is 26.6. The van der Waals surface area contributed by atoms with Crippen molar-refractivity contribution in [3.8, 4) is 0 Å².